The zero-order chi connectivity index (χ0) is 27.0. The van der Waals surface area contributed by atoms with Gasteiger partial charge in [-0.3, -0.25) is 4.79 Å². The van der Waals surface area contributed by atoms with Gasteiger partial charge < -0.3 is 15.4 Å². The molecule has 0 aliphatic heterocycles. The molecule has 0 radical (unpaired) electrons. The molecular formula is C28H46N2O4Os. The van der Waals surface area contributed by atoms with E-state index in [-0.39, 0.29) is 40.5 Å². The van der Waals surface area contributed by atoms with Crippen LogP contribution < -0.4 is 0 Å². The van der Waals surface area contributed by atoms with E-state index in [9.17, 15) is 4.79 Å². The molecule has 1 fully saturated rings. The molecule has 0 spiro atoms. The summed E-state index contributed by atoms with van der Waals surface area (Å²) in [5.41, 5.74) is 0.647. The second-order valence-electron chi connectivity index (χ2n) is 12.4. The third kappa shape index (κ3) is 10.8. The fourth-order valence-electron chi connectivity index (χ4n) is 5.04. The van der Waals surface area contributed by atoms with E-state index >= 15 is 0 Å². The van der Waals surface area contributed by atoms with Crippen LogP contribution in [0.25, 0.3) is 10.6 Å². The van der Waals surface area contributed by atoms with Gasteiger partial charge in [0.25, 0.3) is 5.97 Å². The number of nitrogens with zero attached hydrogens (tertiary/aromatic N) is 2. The van der Waals surface area contributed by atoms with E-state index in [1.165, 1.54) is 12.0 Å². The molecule has 0 amide bonds. The summed E-state index contributed by atoms with van der Waals surface area (Å²) in [6.45, 7) is 21.1. The van der Waals surface area contributed by atoms with Gasteiger partial charge in [0.05, 0.1) is 0 Å². The summed E-state index contributed by atoms with van der Waals surface area (Å²) in [6.07, 6.45) is 3.02. The summed E-state index contributed by atoms with van der Waals surface area (Å²) >= 11 is -2.08. The Morgan fingerprint density at radius 1 is 0.943 bits per heavy atom. The molecule has 1 saturated carbocycles. The molecule has 0 heterocycles. The first-order valence-corrected chi connectivity index (χ1v) is 14.7. The average molecular weight is 665 g/mol. The van der Waals surface area contributed by atoms with Crippen molar-refractivity contribution in [3.8, 4) is 0 Å². The Bertz CT molecular complexity index is 824. The Hall–Kier alpha value is -1.15. The summed E-state index contributed by atoms with van der Waals surface area (Å²) < 4.78 is 23.4. The van der Waals surface area contributed by atoms with E-state index in [0.29, 0.717) is 5.92 Å². The van der Waals surface area contributed by atoms with Crippen molar-refractivity contribution in [2.75, 3.05) is 0 Å². The van der Waals surface area contributed by atoms with Crippen molar-refractivity contribution in [1.82, 2.24) is 0 Å². The maximum atomic E-state index is 13.6. The van der Waals surface area contributed by atoms with Crippen LogP contribution in [-0.4, -0.2) is 35.2 Å². The summed E-state index contributed by atoms with van der Waals surface area (Å²) in [6, 6.07) is 9.81. The van der Waals surface area contributed by atoms with E-state index in [1.54, 1.807) is 0 Å². The van der Waals surface area contributed by atoms with Gasteiger partial charge in [-0.05, 0) is 29.7 Å². The summed E-state index contributed by atoms with van der Waals surface area (Å²) in [7, 11) is 0. The molecule has 0 N–H and O–H groups in total. The number of benzene rings is 1. The second kappa shape index (κ2) is 13.4. The first kappa shape index (κ1) is 31.9. The van der Waals surface area contributed by atoms with Crippen LogP contribution in [0.1, 0.15) is 94.1 Å². The first-order valence-electron chi connectivity index (χ1n) is 12.6. The third-order valence-corrected chi connectivity index (χ3v) is 6.58. The van der Waals surface area contributed by atoms with Crippen LogP contribution in [0.3, 0.4) is 0 Å². The van der Waals surface area contributed by atoms with Gasteiger partial charge in [-0.2, -0.15) is 0 Å². The van der Waals surface area contributed by atoms with Gasteiger partial charge in [0, 0.05) is 5.92 Å². The molecule has 7 heteroatoms. The summed E-state index contributed by atoms with van der Waals surface area (Å²) in [5, 5.41) is 9.70. The molecular weight excluding hydrogens is 619 g/mol. The van der Waals surface area contributed by atoms with Crippen molar-refractivity contribution in [1.29, 1.82) is 0 Å². The number of hydrogen-bond acceptors (Lipinski definition) is 4. The van der Waals surface area contributed by atoms with Gasteiger partial charge >= 0.3 is 24.4 Å². The van der Waals surface area contributed by atoms with Crippen molar-refractivity contribution < 1.29 is 33.9 Å². The Kier molecular flexibility index (Phi) is 12.2. The molecule has 1 aromatic carbocycles. The van der Waals surface area contributed by atoms with E-state index in [2.05, 4.69) is 71.9 Å². The van der Waals surface area contributed by atoms with Crippen LogP contribution in [0.5, 0.6) is 0 Å². The van der Waals surface area contributed by atoms with Crippen molar-refractivity contribution in [2.45, 2.75) is 123 Å². The Balaban J connectivity index is 0.00000194. The van der Waals surface area contributed by atoms with E-state index in [4.69, 9.17) is 22.4 Å². The summed E-state index contributed by atoms with van der Waals surface area (Å²) in [4.78, 5) is 13.6. The first-order chi connectivity index (χ1) is 16.0. The van der Waals surface area contributed by atoms with E-state index in [0.717, 1.165) is 12.8 Å². The predicted molar refractivity (Wildman–Crippen MR) is 137 cm³/mol. The van der Waals surface area contributed by atoms with Crippen LogP contribution in [0.2, 0.25) is 0 Å². The molecule has 0 bridgehead atoms. The zero-order valence-electron chi connectivity index (χ0n) is 23.3. The van der Waals surface area contributed by atoms with Gasteiger partial charge in [-0.15, -0.1) is 17.1 Å². The van der Waals surface area contributed by atoms with Crippen LogP contribution in [0, 0.1) is 11.8 Å². The van der Waals surface area contributed by atoms with Crippen molar-refractivity contribution >= 4 is 5.97 Å². The fourth-order valence-corrected chi connectivity index (χ4v) is 5.04. The van der Waals surface area contributed by atoms with Crippen molar-refractivity contribution in [3.05, 3.63) is 46.5 Å². The van der Waals surface area contributed by atoms with Gasteiger partial charge in [-0.1, -0.05) is 112 Å². The minimum absolute atomic E-state index is 0.0790. The third-order valence-electron chi connectivity index (χ3n) is 6.58. The quantitative estimate of drug-likeness (QED) is 0.289. The molecule has 200 valence electrons. The summed E-state index contributed by atoms with van der Waals surface area (Å²) in [5.74, 6) is 0.592. The number of carbonyl (C=O) groups excluding carboxylic acids is 1. The monoisotopic (exact) mass is 666 g/mol. The standard InChI is InChI=1S/C28H46N2O2.2O.Os/c1-19-16-17-22(28(9,10)21-14-12-11-13-15-21)23(18-19)32-25(31)24(30-27(6,7)8)20(2)29-26(3,4)5;;;/h11-15,19-20,22-24H,16-18H2,1-10H3;;;/q-2;;;+2/t19-,20-,22-,23-,24+;;;/m1.../s1. The number of ether oxygens (including phenoxy) is 1. The number of esters is 1. The molecule has 35 heavy (non-hydrogen) atoms. The van der Waals surface area contributed by atoms with Crippen molar-refractivity contribution in [3.63, 3.8) is 0 Å². The second-order valence-corrected chi connectivity index (χ2v) is 12.9. The van der Waals surface area contributed by atoms with E-state index in [1.807, 2.05) is 27.7 Å². The molecule has 1 aromatic rings. The van der Waals surface area contributed by atoms with Gasteiger partial charge in [-0.25, -0.2) is 0 Å². The maximum absolute atomic E-state index is 13.6. The van der Waals surface area contributed by atoms with Crippen LogP contribution in [0.15, 0.2) is 30.3 Å². The van der Waals surface area contributed by atoms with Crippen LogP contribution >= 0.6 is 0 Å². The van der Waals surface area contributed by atoms with Crippen LogP contribution in [0.4, 0.5) is 0 Å². The van der Waals surface area contributed by atoms with Crippen molar-refractivity contribution in [2.24, 2.45) is 11.8 Å². The number of rotatable bonds is 7. The molecule has 2 rings (SSSR count). The minimum atomic E-state index is -2.08. The molecule has 0 aromatic heterocycles. The Morgan fingerprint density at radius 2 is 1.46 bits per heavy atom. The topological polar surface area (TPSA) is 88.6 Å². The van der Waals surface area contributed by atoms with Gasteiger partial charge in [0.2, 0.25) is 0 Å². The number of carbonyl (C=O) groups is 1. The van der Waals surface area contributed by atoms with Crippen LogP contribution in [-0.2, 0) is 39.3 Å². The predicted octanol–water partition coefficient (Wildman–Crippen LogP) is 7.17. The number of hydrogen-bond donors (Lipinski definition) is 0. The van der Waals surface area contributed by atoms with E-state index < -0.39 is 23.4 Å². The Labute approximate surface area is 221 Å². The van der Waals surface area contributed by atoms with Gasteiger partial charge in [0.15, 0.2) is 0 Å². The molecule has 5 atom stereocenters. The molecule has 1 aliphatic carbocycles. The Morgan fingerprint density at radius 3 is 1.94 bits per heavy atom. The average Bonchev–Trinajstić information content (AvgIpc) is 2.71. The fraction of sp³-hybridized carbons (Fsp3) is 0.750. The molecule has 6 nitrogen and oxygen atoms in total. The normalized spacial score (nSPS) is 22.9. The molecule has 0 unspecified atom stereocenters. The molecule has 1 aliphatic rings. The zero-order valence-corrected chi connectivity index (χ0v) is 25.8. The SMILES string of the molecule is C[C@@H]1CC[C@@H](C(C)(C)c2ccccc2)[C@H](OC(=O)[C@@H]([N-]C(C)(C)C)[C@@H](C)[N-]C(C)(C)C)C1.[O]=[Os+2]=[O]. The molecule has 0 saturated heterocycles. The van der Waals surface area contributed by atoms with Gasteiger partial charge in [0.1, 0.15) is 6.10 Å².